The Morgan fingerprint density at radius 1 is 0.535 bits per heavy atom. The number of benzene rings is 8. The van der Waals surface area contributed by atoms with E-state index in [0.717, 1.165) is 34.0 Å². The highest BCUT2D eigenvalue weighted by Crippen LogP contribution is 2.62. The molecule has 1 fully saturated rings. The molecule has 71 heavy (non-hydrogen) atoms. The minimum Gasteiger partial charge on any atom is -0.454 e. The van der Waals surface area contributed by atoms with E-state index >= 15 is 0 Å². The lowest BCUT2D eigenvalue weighted by Crippen LogP contribution is -2.61. The van der Waals surface area contributed by atoms with Crippen molar-refractivity contribution in [2.24, 2.45) is 0 Å². The summed E-state index contributed by atoms with van der Waals surface area (Å²) in [6, 6.07) is 58.4. The van der Waals surface area contributed by atoms with Gasteiger partial charge in [-0.2, -0.15) is 0 Å². The van der Waals surface area contributed by atoms with Crippen LogP contribution < -0.4 is 31.1 Å². The summed E-state index contributed by atoms with van der Waals surface area (Å²) in [5, 5.41) is 4.88. The first-order valence-corrected chi connectivity index (χ1v) is 26.7. The molecule has 0 bridgehead atoms. The topological polar surface area (TPSA) is 22.9 Å². The average Bonchev–Trinajstić information content (AvgIpc) is 3.99. The summed E-state index contributed by atoms with van der Waals surface area (Å²) in [5.74, 6) is 0. The van der Waals surface area contributed by atoms with E-state index in [1.165, 1.54) is 118 Å². The molecule has 0 amide bonds. The number of hydrogen-bond acceptors (Lipinski definition) is 5. The van der Waals surface area contributed by atoms with Gasteiger partial charge in [-0.15, -0.1) is 11.3 Å². The van der Waals surface area contributed by atoms with Gasteiger partial charge in [0, 0.05) is 70.5 Å². The number of hydrogen-bond donors (Lipinski definition) is 0. The van der Waals surface area contributed by atoms with E-state index in [4.69, 9.17) is 4.42 Å². The number of aryl methyl sites for hydroxylation is 1. The van der Waals surface area contributed by atoms with E-state index in [9.17, 15) is 0 Å². The first-order valence-electron chi connectivity index (χ1n) is 25.9. The first-order chi connectivity index (χ1) is 34.1. The van der Waals surface area contributed by atoms with Crippen molar-refractivity contribution in [2.75, 3.05) is 14.7 Å². The highest BCUT2D eigenvalue weighted by molar-refractivity contribution is 7.26. The van der Waals surface area contributed by atoms with Crippen LogP contribution in [0.3, 0.4) is 0 Å². The number of fused-ring (bicyclic) bond motifs is 13. The highest BCUT2D eigenvalue weighted by Gasteiger charge is 2.58. The van der Waals surface area contributed by atoms with Crippen molar-refractivity contribution < 1.29 is 4.42 Å². The van der Waals surface area contributed by atoms with Crippen molar-refractivity contribution in [3.05, 3.63) is 174 Å². The molecule has 4 aliphatic rings. The zero-order valence-corrected chi connectivity index (χ0v) is 43.3. The zero-order valence-electron chi connectivity index (χ0n) is 42.5. The van der Waals surface area contributed by atoms with Gasteiger partial charge in [-0.05, 0) is 143 Å². The summed E-state index contributed by atoms with van der Waals surface area (Å²) in [5.41, 5.74) is 20.9. The monoisotopic (exact) mass is 941 g/mol. The maximum absolute atomic E-state index is 7.03. The summed E-state index contributed by atoms with van der Waals surface area (Å²) in [6.45, 7) is 21.5. The third-order valence-corrected chi connectivity index (χ3v) is 18.7. The predicted octanol–water partition coefficient (Wildman–Crippen LogP) is 16.7. The molecule has 10 aromatic rings. The van der Waals surface area contributed by atoms with Crippen LogP contribution in [-0.2, 0) is 16.2 Å². The molecule has 2 unspecified atom stereocenters. The lowest BCUT2D eigenvalue weighted by Gasteiger charge is -2.50. The van der Waals surface area contributed by atoms with E-state index in [1.807, 2.05) is 11.3 Å². The molecule has 3 aliphatic heterocycles. The van der Waals surface area contributed by atoms with Crippen LogP contribution in [-0.4, -0.2) is 12.3 Å². The molecule has 5 heterocycles. The van der Waals surface area contributed by atoms with Crippen molar-refractivity contribution in [3.63, 3.8) is 0 Å². The summed E-state index contributed by atoms with van der Waals surface area (Å²) >= 11 is 1.89. The van der Waals surface area contributed by atoms with Gasteiger partial charge in [0.15, 0.2) is 5.58 Å². The van der Waals surface area contributed by atoms with E-state index in [1.54, 1.807) is 0 Å². The van der Waals surface area contributed by atoms with Crippen LogP contribution >= 0.6 is 11.3 Å². The fraction of sp³-hybridized carbons (Fsp3) is 0.262. The predicted molar refractivity (Wildman–Crippen MR) is 306 cm³/mol. The van der Waals surface area contributed by atoms with Crippen molar-refractivity contribution >= 4 is 122 Å². The van der Waals surface area contributed by atoms with Crippen molar-refractivity contribution in [3.8, 4) is 0 Å². The Hall–Kier alpha value is -6.76. The van der Waals surface area contributed by atoms with Crippen LogP contribution in [0.4, 0.5) is 45.5 Å². The van der Waals surface area contributed by atoms with Crippen molar-refractivity contribution in [1.82, 2.24) is 0 Å². The molecule has 8 aromatic carbocycles. The number of furan rings is 1. The normalized spacial score (nSPS) is 19.4. The fourth-order valence-electron chi connectivity index (χ4n) is 13.7. The van der Waals surface area contributed by atoms with Gasteiger partial charge >= 0.3 is 0 Å². The first kappa shape index (κ1) is 43.1. The number of para-hydroxylation sites is 2. The van der Waals surface area contributed by atoms with Gasteiger partial charge in [0.05, 0.1) is 16.9 Å². The van der Waals surface area contributed by atoms with Gasteiger partial charge in [-0.3, -0.25) is 0 Å². The highest BCUT2D eigenvalue weighted by atomic mass is 32.1. The van der Waals surface area contributed by atoms with Crippen LogP contribution in [0.5, 0.6) is 0 Å². The van der Waals surface area contributed by atoms with Gasteiger partial charge in [-0.25, -0.2) is 0 Å². The smallest absolute Gasteiger partial charge is 0.252 e. The zero-order chi connectivity index (χ0) is 48.5. The second-order valence-corrected chi connectivity index (χ2v) is 24.8. The maximum atomic E-state index is 7.03. The maximum Gasteiger partial charge on any atom is 0.252 e. The molecule has 0 N–H and O–H groups in total. The van der Waals surface area contributed by atoms with Gasteiger partial charge in [-0.1, -0.05) is 146 Å². The van der Waals surface area contributed by atoms with Crippen LogP contribution in [0.15, 0.2) is 156 Å². The Balaban J connectivity index is 1.08. The van der Waals surface area contributed by atoms with Gasteiger partial charge in [0.2, 0.25) is 0 Å². The molecule has 350 valence electrons. The summed E-state index contributed by atoms with van der Waals surface area (Å²) in [6.07, 6.45) is 4.80. The fourth-order valence-corrected chi connectivity index (χ4v) is 14.8. The Morgan fingerprint density at radius 3 is 1.97 bits per heavy atom. The van der Waals surface area contributed by atoms with Crippen LogP contribution in [0.1, 0.15) is 103 Å². The third kappa shape index (κ3) is 5.92. The average molecular weight is 942 g/mol. The van der Waals surface area contributed by atoms with Crippen LogP contribution in [0.2, 0.25) is 0 Å². The molecule has 14 rings (SSSR count). The van der Waals surface area contributed by atoms with Gasteiger partial charge in [0.1, 0.15) is 5.58 Å². The van der Waals surface area contributed by atoms with Crippen molar-refractivity contribution in [1.29, 1.82) is 0 Å². The van der Waals surface area contributed by atoms with E-state index in [2.05, 4.69) is 229 Å². The van der Waals surface area contributed by atoms with Gasteiger partial charge < -0.3 is 19.1 Å². The quantitative estimate of drug-likeness (QED) is 0.165. The third-order valence-electron chi connectivity index (χ3n) is 17.5. The summed E-state index contributed by atoms with van der Waals surface area (Å²) in [7, 11) is 0. The number of rotatable bonds is 3. The van der Waals surface area contributed by atoms with Gasteiger partial charge in [0.25, 0.3) is 6.71 Å². The van der Waals surface area contributed by atoms with E-state index in [-0.39, 0.29) is 28.5 Å². The summed E-state index contributed by atoms with van der Waals surface area (Å²) < 4.78 is 9.64. The van der Waals surface area contributed by atoms with E-state index in [0.29, 0.717) is 0 Å². The molecule has 1 saturated carbocycles. The lowest BCUT2D eigenvalue weighted by molar-refractivity contribution is 0.195. The molecular weight excluding hydrogens is 882 g/mol. The molecule has 1 aliphatic carbocycles. The SMILES string of the molecule is Cc1cc2c3c(c1)N(c1cccc4sc5ccccc5c14)c1ccc(C(C)(C)C)cc1B3c1ccc(N3c4ccc(C(C)(C)C)cc4C4(C)CCCCC34C)cc1N2c1cccc2c1oc1ccccc12. The second-order valence-electron chi connectivity index (χ2n) is 23.7. The summed E-state index contributed by atoms with van der Waals surface area (Å²) in [4.78, 5) is 7.97. The van der Waals surface area contributed by atoms with Crippen molar-refractivity contribution in [2.45, 2.75) is 110 Å². The molecule has 4 nitrogen and oxygen atoms in total. The Kier molecular flexibility index (Phi) is 8.90. The number of nitrogens with zero attached hydrogens (tertiary/aromatic N) is 3. The molecular formula is C65H60BN3OS. The minimum absolute atomic E-state index is 0.00166. The van der Waals surface area contributed by atoms with E-state index < -0.39 is 0 Å². The molecule has 6 heteroatoms. The Morgan fingerprint density at radius 2 is 1.18 bits per heavy atom. The Labute approximate surface area is 422 Å². The van der Waals surface area contributed by atoms with Crippen LogP contribution in [0.25, 0.3) is 42.1 Å². The molecule has 2 aromatic heterocycles. The Bertz CT molecular complexity index is 3900. The lowest BCUT2D eigenvalue weighted by atomic mass is 9.33. The number of anilines is 8. The largest absolute Gasteiger partial charge is 0.454 e. The minimum atomic E-state index is -0.107. The molecule has 0 spiro atoms. The second kappa shape index (κ2) is 14.7. The van der Waals surface area contributed by atoms with Crippen LogP contribution in [0, 0.1) is 6.92 Å². The molecule has 2 atom stereocenters. The molecule has 0 radical (unpaired) electrons. The molecule has 0 saturated heterocycles. The standard InChI is InChI=1S/C65H60BN3OS/c1-39-34-54-60-55(35-39)68(52-22-16-20-44-43-18-10-12-23-56(43)70-61(44)52)53-38-42(69-49-30-26-40(62(2,3)4)36-46(49)64(8)32-14-15-33-65(64,69)9)28-29-47(53)66(60)48-37-41(63(5,6)7)27-31-50(48)67(54)51-21-17-25-58-59(51)45-19-11-13-24-57(45)71-58/h10-13,16-31,34-38H,14-15,32-33H2,1-9H3. The number of thiophene rings is 1.